The highest BCUT2D eigenvalue weighted by Crippen LogP contribution is 2.49. The Morgan fingerprint density at radius 2 is 1.81 bits per heavy atom. The minimum absolute atomic E-state index is 0.0731. The quantitative estimate of drug-likeness (QED) is 0.761. The van der Waals surface area contributed by atoms with Gasteiger partial charge in [-0.15, -0.1) is 0 Å². The Kier molecular flexibility index (Phi) is 4.77. The average molecular weight is 354 g/mol. The minimum atomic E-state index is -0.635. The summed E-state index contributed by atoms with van der Waals surface area (Å²) in [6, 6.07) is 12.0. The number of hydrogen-bond acceptors (Lipinski definition) is 3. The first-order valence-corrected chi connectivity index (χ1v) is 9.35. The van der Waals surface area contributed by atoms with Gasteiger partial charge in [0, 0.05) is 5.56 Å². The summed E-state index contributed by atoms with van der Waals surface area (Å²) in [5.41, 5.74) is 1.50. The second-order valence-corrected chi connectivity index (χ2v) is 7.52. The fourth-order valence-electron chi connectivity index (χ4n) is 4.54. The molecule has 0 heterocycles. The number of aliphatic hydroxyl groups excluding tert-OH is 1. The summed E-state index contributed by atoms with van der Waals surface area (Å²) in [5, 5.41) is 8.85. The van der Waals surface area contributed by atoms with Crippen molar-refractivity contribution in [2.45, 2.75) is 38.0 Å². The molecule has 3 aliphatic rings. The molecule has 2 bridgehead atoms. The van der Waals surface area contributed by atoms with Crippen molar-refractivity contribution in [1.82, 2.24) is 0 Å². The van der Waals surface area contributed by atoms with Gasteiger partial charge in [0.25, 0.3) is 0 Å². The minimum Gasteiger partial charge on any atom is -0.454 e. The molecule has 0 aliphatic heterocycles. The number of ether oxygens (including phenoxy) is 1. The molecule has 3 aliphatic carbocycles. The van der Waals surface area contributed by atoms with E-state index in [2.05, 4.69) is 12.1 Å². The van der Waals surface area contributed by atoms with Gasteiger partial charge in [0.05, 0.1) is 0 Å². The summed E-state index contributed by atoms with van der Waals surface area (Å²) in [6.07, 6.45) is 6.75. The number of carbonyl (C=O) groups excluding carboxylic acids is 1. The van der Waals surface area contributed by atoms with Crippen molar-refractivity contribution in [2.24, 2.45) is 11.8 Å². The van der Waals surface area contributed by atoms with Crippen LogP contribution in [-0.2, 0) is 0 Å². The molecule has 0 amide bonds. The van der Waals surface area contributed by atoms with Gasteiger partial charge in [-0.3, -0.25) is 4.79 Å². The Labute approximate surface area is 152 Å². The highest BCUT2D eigenvalue weighted by molar-refractivity contribution is 5.97. The number of fused-ring (bicyclic) bond motifs is 3. The highest BCUT2D eigenvalue weighted by atomic mass is 19.1. The van der Waals surface area contributed by atoms with Crippen LogP contribution in [-0.4, -0.2) is 17.5 Å². The van der Waals surface area contributed by atoms with Crippen LogP contribution in [0.15, 0.2) is 42.5 Å². The molecular weight excluding hydrogens is 331 g/mol. The highest BCUT2D eigenvalue weighted by Gasteiger charge is 2.36. The lowest BCUT2D eigenvalue weighted by molar-refractivity contribution is 0.0903. The first-order valence-electron chi connectivity index (χ1n) is 9.35. The number of Topliss-reactive ketones (excluding diaryl/α,β-unsaturated/α-hetero) is 1. The summed E-state index contributed by atoms with van der Waals surface area (Å²) in [4.78, 5) is 11.4. The summed E-state index contributed by atoms with van der Waals surface area (Å²) in [7, 11) is 0. The summed E-state index contributed by atoms with van der Waals surface area (Å²) in [6.45, 7) is -0.635. The van der Waals surface area contributed by atoms with E-state index in [0.29, 0.717) is 11.7 Å². The molecule has 0 radical (unpaired) electrons. The van der Waals surface area contributed by atoms with E-state index in [-0.39, 0.29) is 11.3 Å². The van der Waals surface area contributed by atoms with Gasteiger partial charge in [0.1, 0.15) is 12.4 Å². The Morgan fingerprint density at radius 3 is 2.38 bits per heavy atom. The van der Waals surface area contributed by atoms with Crippen LogP contribution in [0.3, 0.4) is 0 Å². The van der Waals surface area contributed by atoms with Crippen molar-refractivity contribution in [3.63, 3.8) is 0 Å². The van der Waals surface area contributed by atoms with Crippen molar-refractivity contribution in [1.29, 1.82) is 0 Å². The van der Waals surface area contributed by atoms with Crippen molar-refractivity contribution >= 4 is 5.78 Å². The molecule has 0 aromatic heterocycles. The van der Waals surface area contributed by atoms with Crippen LogP contribution >= 0.6 is 0 Å². The first kappa shape index (κ1) is 17.2. The number of halogens is 1. The van der Waals surface area contributed by atoms with Gasteiger partial charge in [-0.1, -0.05) is 25.0 Å². The van der Waals surface area contributed by atoms with Crippen LogP contribution < -0.4 is 4.74 Å². The van der Waals surface area contributed by atoms with E-state index in [1.54, 1.807) is 0 Å². The van der Waals surface area contributed by atoms with Crippen molar-refractivity contribution in [3.05, 3.63) is 59.4 Å². The summed E-state index contributed by atoms with van der Waals surface area (Å²) < 4.78 is 19.8. The molecule has 2 aromatic rings. The average Bonchev–Trinajstić information content (AvgIpc) is 2.70. The normalized spacial score (nSPS) is 24.5. The maximum Gasteiger partial charge on any atom is 0.188 e. The molecule has 26 heavy (non-hydrogen) atoms. The molecule has 0 spiro atoms. The maximum absolute atomic E-state index is 14.1. The van der Waals surface area contributed by atoms with Gasteiger partial charge >= 0.3 is 0 Å². The zero-order chi connectivity index (χ0) is 18.1. The van der Waals surface area contributed by atoms with Crippen molar-refractivity contribution in [2.75, 3.05) is 6.61 Å². The largest absolute Gasteiger partial charge is 0.454 e. The molecule has 5 rings (SSSR count). The molecule has 0 saturated heterocycles. The second kappa shape index (κ2) is 7.20. The van der Waals surface area contributed by atoms with Crippen molar-refractivity contribution < 1.29 is 19.0 Å². The fourth-order valence-corrected chi connectivity index (χ4v) is 4.54. The van der Waals surface area contributed by atoms with Gasteiger partial charge in [-0.05, 0) is 72.9 Å². The number of benzene rings is 2. The SMILES string of the molecule is O=C(CO)c1ccc(Oc2ccc(C3CC4CCC3CC4)cc2)c(F)c1. The van der Waals surface area contributed by atoms with Crippen LogP contribution in [0.5, 0.6) is 11.5 Å². The van der Waals surface area contributed by atoms with E-state index in [1.807, 2.05) is 12.1 Å². The summed E-state index contributed by atoms with van der Waals surface area (Å²) in [5.74, 6) is 1.87. The van der Waals surface area contributed by atoms with Gasteiger partial charge in [-0.2, -0.15) is 0 Å². The van der Waals surface area contributed by atoms with E-state index in [4.69, 9.17) is 9.84 Å². The van der Waals surface area contributed by atoms with Crippen LogP contribution in [0.25, 0.3) is 0 Å². The number of ketones is 1. The predicted octanol–water partition coefficient (Wildman–Crippen LogP) is 5.09. The Balaban J connectivity index is 1.47. The standard InChI is InChI=1S/C22H23FO3/c23-20-12-17(21(25)13-24)7-10-22(20)26-18-8-5-16(6-9-18)19-11-14-1-3-15(19)4-2-14/h5-10,12,14-15,19,24H,1-4,11,13H2. The fraction of sp³-hybridized carbons (Fsp3) is 0.409. The molecule has 136 valence electrons. The zero-order valence-electron chi connectivity index (χ0n) is 14.7. The Hall–Kier alpha value is -2.20. The van der Waals surface area contributed by atoms with Gasteiger partial charge < -0.3 is 9.84 Å². The van der Waals surface area contributed by atoms with Gasteiger partial charge in [-0.25, -0.2) is 4.39 Å². The molecule has 1 N–H and O–H groups in total. The molecule has 3 nitrogen and oxygen atoms in total. The number of hydrogen-bond donors (Lipinski definition) is 1. The molecule has 3 saturated carbocycles. The molecule has 3 fully saturated rings. The second-order valence-electron chi connectivity index (χ2n) is 7.52. The molecule has 1 unspecified atom stereocenters. The van der Waals surface area contributed by atoms with E-state index in [9.17, 15) is 9.18 Å². The van der Waals surface area contributed by atoms with E-state index in [1.165, 1.54) is 49.8 Å². The van der Waals surface area contributed by atoms with Crippen LogP contribution in [0.1, 0.15) is 53.9 Å². The van der Waals surface area contributed by atoms with Crippen LogP contribution in [0, 0.1) is 17.7 Å². The number of rotatable bonds is 5. The smallest absolute Gasteiger partial charge is 0.188 e. The Bertz CT molecular complexity index is 792. The van der Waals surface area contributed by atoms with E-state index >= 15 is 0 Å². The van der Waals surface area contributed by atoms with Gasteiger partial charge in [0.15, 0.2) is 17.3 Å². The lowest BCUT2D eigenvalue weighted by Gasteiger charge is -2.42. The predicted molar refractivity (Wildman–Crippen MR) is 97.1 cm³/mol. The first-order chi connectivity index (χ1) is 12.6. The monoisotopic (exact) mass is 354 g/mol. The third-order valence-electron chi connectivity index (χ3n) is 5.98. The Morgan fingerprint density at radius 1 is 1.08 bits per heavy atom. The zero-order valence-corrected chi connectivity index (χ0v) is 14.7. The van der Waals surface area contributed by atoms with Crippen LogP contribution in [0.4, 0.5) is 4.39 Å². The third kappa shape index (κ3) is 3.38. The lowest BCUT2D eigenvalue weighted by atomic mass is 9.63. The molecule has 2 aromatic carbocycles. The number of carbonyl (C=O) groups is 1. The van der Waals surface area contributed by atoms with Crippen LogP contribution in [0.2, 0.25) is 0 Å². The lowest BCUT2D eigenvalue weighted by Crippen LogP contribution is -2.29. The molecule has 4 heteroatoms. The molecular formula is C22H23FO3. The third-order valence-corrected chi connectivity index (χ3v) is 5.98. The van der Waals surface area contributed by atoms with E-state index in [0.717, 1.165) is 17.9 Å². The maximum atomic E-state index is 14.1. The summed E-state index contributed by atoms with van der Waals surface area (Å²) >= 11 is 0. The molecule has 1 atom stereocenters. The topological polar surface area (TPSA) is 46.5 Å². The van der Waals surface area contributed by atoms with E-state index < -0.39 is 18.2 Å². The van der Waals surface area contributed by atoms with Crippen molar-refractivity contribution in [3.8, 4) is 11.5 Å². The number of aliphatic hydroxyl groups is 1. The van der Waals surface area contributed by atoms with Gasteiger partial charge in [0.2, 0.25) is 0 Å².